The molecule has 0 aliphatic carbocycles. The summed E-state index contributed by atoms with van der Waals surface area (Å²) in [6.45, 7) is 15.8. The second-order valence-electron chi connectivity index (χ2n) is 6.65. The molecule has 1 fully saturated rings. The lowest BCUT2D eigenvalue weighted by Gasteiger charge is -2.37. The van der Waals surface area contributed by atoms with Crippen LogP contribution in [0.2, 0.25) is 0 Å². The Labute approximate surface area is 113 Å². The van der Waals surface area contributed by atoms with E-state index in [0.29, 0.717) is 11.3 Å². The Hall–Kier alpha value is -0.570. The van der Waals surface area contributed by atoms with Gasteiger partial charge in [-0.2, -0.15) is 0 Å². The predicted molar refractivity (Wildman–Crippen MR) is 76.5 cm³/mol. The molecule has 0 aromatic heterocycles. The number of nitrogens with zero attached hydrogens (tertiary/aromatic N) is 2. The van der Waals surface area contributed by atoms with Crippen LogP contribution in [0.3, 0.4) is 0 Å². The summed E-state index contributed by atoms with van der Waals surface area (Å²) in [6, 6.07) is 0. The number of hydrogen-bond donors (Lipinski definition) is 0. The van der Waals surface area contributed by atoms with Crippen molar-refractivity contribution < 1.29 is 4.79 Å². The molecule has 1 atom stereocenters. The van der Waals surface area contributed by atoms with Crippen LogP contribution in [0.15, 0.2) is 0 Å². The van der Waals surface area contributed by atoms with E-state index in [1.54, 1.807) is 0 Å². The lowest BCUT2D eigenvalue weighted by Crippen LogP contribution is -2.46. The number of carbonyl (C=O) groups excluding carboxylic acids is 1. The van der Waals surface area contributed by atoms with E-state index in [0.717, 1.165) is 45.6 Å². The summed E-state index contributed by atoms with van der Waals surface area (Å²) >= 11 is 0. The summed E-state index contributed by atoms with van der Waals surface area (Å²) in [5.74, 6) is 0.583. The molecule has 0 aromatic carbocycles. The van der Waals surface area contributed by atoms with Gasteiger partial charge in [0.15, 0.2) is 0 Å². The third kappa shape index (κ3) is 4.60. The van der Waals surface area contributed by atoms with Gasteiger partial charge in [-0.1, -0.05) is 20.8 Å². The normalized spacial score (nSPS) is 21.9. The van der Waals surface area contributed by atoms with Gasteiger partial charge in [0.1, 0.15) is 0 Å². The highest BCUT2D eigenvalue weighted by Gasteiger charge is 2.29. The topological polar surface area (TPSA) is 23.6 Å². The third-order valence-electron chi connectivity index (χ3n) is 3.63. The van der Waals surface area contributed by atoms with E-state index >= 15 is 0 Å². The Morgan fingerprint density at radius 1 is 1.28 bits per heavy atom. The van der Waals surface area contributed by atoms with E-state index in [2.05, 4.69) is 39.5 Å². The zero-order chi connectivity index (χ0) is 13.8. The van der Waals surface area contributed by atoms with Crippen molar-refractivity contribution in [2.24, 2.45) is 11.3 Å². The molecule has 1 amide bonds. The zero-order valence-corrected chi connectivity index (χ0v) is 12.8. The fraction of sp³-hybridized carbons (Fsp3) is 0.933. The van der Waals surface area contributed by atoms with Gasteiger partial charge in [0.25, 0.3) is 0 Å². The number of amides is 1. The summed E-state index contributed by atoms with van der Waals surface area (Å²) in [5.41, 5.74) is 0.320. The molecule has 1 unspecified atom stereocenters. The SMILES string of the molecule is CCN(CC)C(=O)C1CCCN(CC(C)(C)C)C1. The van der Waals surface area contributed by atoms with Crippen LogP contribution >= 0.6 is 0 Å². The van der Waals surface area contributed by atoms with Crippen molar-refractivity contribution in [3.63, 3.8) is 0 Å². The first-order valence-corrected chi connectivity index (χ1v) is 7.38. The minimum Gasteiger partial charge on any atom is -0.343 e. The van der Waals surface area contributed by atoms with Crippen LogP contribution in [0, 0.1) is 11.3 Å². The van der Waals surface area contributed by atoms with Crippen molar-refractivity contribution in [3.8, 4) is 0 Å². The highest BCUT2D eigenvalue weighted by molar-refractivity contribution is 5.79. The molecule has 1 aliphatic heterocycles. The molecule has 0 bridgehead atoms. The minimum absolute atomic E-state index is 0.223. The molecule has 18 heavy (non-hydrogen) atoms. The zero-order valence-electron chi connectivity index (χ0n) is 12.8. The largest absolute Gasteiger partial charge is 0.343 e. The van der Waals surface area contributed by atoms with E-state index in [-0.39, 0.29) is 5.92 Å². The maximum Gasteiger partial charge on any atom is 0.226 e. The van der Waals surface area contributed by atoms with Crippen LogP contribution in [-0.4, -0.2) is 48.4 Å². The van der Waals surface area contributed by atoms with Crippen LogP contribution in [0.4, 0.5) is 0 Å². The fourth-order valence-corrected chi connectivity index (χ4v) is 2.87. The van der Waals surface area contributed by atoms with Crippen molar-refractivity contribution in [1.29, 1.82) is 0 Å². The summed E-state index contributed by atoms with van der Waals surface area (Å²) in [6.07, 6.45) is 2.23. The molecule has 3 nitrogen and oxygen atoms in total. The molecule has 1 rings (SSSR count). The van der Waals surface area contributed by atoms with Crippen molar-refractivity contribution in [1.82, 2.24) is 9.80 Å². The van der Waals surface area contributed by atoms with E-state index in [1.165, 1.54) is 0 Å². The Morgan fingerprint density at radius 3 is 2.39 bits per heavy atom. The van der Waals surface area contributed by atoms with Gasteiger partial charge in [0.05, 0.1) is 5.92 Å². The Morgan fingerprint density at radius 2 is 1.89 bits per heavy atom. The standard InChI is InChI=1S/C15H30N2O/c1-6-17(7-2)14(18)13-9-8-10-16(11-13)12-15(3,4)5/h13H,6-12H2,1-5H3. The van der Waals surface area contributed by atoms with Crippen LogP contribution < -0.4 is 0 Å². The summed E-state index contributed by atoms with van der Waals surface area (Å²) in [7, 11) is 0. The molecule has 0 aromatic rings. The Bertz CT molecular complexity index is 266. The van der Waals surface area contributed by atoms with Gasteiger partial charge in [-0.25, -0.2) is 0 Å². The molecule has 1 saturated heterocycles. The summed E-state index contributed by atoms with van der Waals surface area (Å²) < 4.78 is 0. The Balaban J connectivity index is 2.55. The number of likely N-dealkylation sites (tertiary alicyclic amines) is 1. The van der Waals surface area contributed by atoms with Crippen LogP contribution in [0.25, 0.3) is 0 Å². The van der Waals surface area contributed by atoms with Gasteiger partial charge in [-0.15, -0.1) is 0 Å². The molecular weight excluding hydrogens is 224 g/mol. The van der Waals surface area contributed by atoms with Crippen LogP contribution in [-0.2, 0) is 4.79 Å². The molecule has 3 heteroatoms. The van der Waals surface area contributed by atoms with Gasteiger partial charge in [-0.3, -0.25) is 4.79 Å². The van der Waals surface area contributed by atoms with E-state index in [1.807, 2.05) is 4.90 Å². The molecule has 0 N–H and O–H groups in total. The minimum atomic E-state index is 0.223. The monoisotopic (exact) mass is 254 g/mol. The van der Waals surface area contributed by atoms with Crippen LogP contribution in [0.1, 0.15) is 47.5 Å². The number of hydrogen-bond acceptors (Lipinski definition) is 2. The molecule has 0 spiro atoms. The highest BCUT2D eigenvalue weighted by atomic mass is 16.2. The Kier molecular flexibility index (Phi) is 5.64. The quantitative estimate of drug-likeness (QED) is 0.770. The summed E-state index contributed by atoms with van der Waals surface area (Å²) in [5, 5.41) is 0. The summed E-state index contributed by atoms with van der Waals surface area (Å²) in [4.78, 5) is 16.8. The maximum absolute atomic E-state index is 12.4. The molecule has 1 heterocycles. The number of rotatable bonds is 4. The van der Waals surface area contributed by atoms with Gasteiger partial charge >= 0.3 is 0 Å². The smallest absolute Gasteiger partial charge is 0.226 e. The second kappa shape index (κ2) is 6.55. The van der Waals surface area contributed by atoms with Crippen molar-refractivity contribution in [2.45, 2.75) is 47.5 Å². The maximum atomic E-state index is 12.4. The molecule has 0 radical (unpaired) electrons. The first-order chi connectivity index (χ1) is 8.37. The highest BCUT2D eigenvalue weighted by Crippen LogP contribution is 2.23. The number of carbonyl (C=O) groups is 1. The van der Waals surface area contributed by atoms with Crippen LogP contribution in [0.5, 0.6) is 0 Å². The average Bonchev–Trinajstić information content (AvgIpc) is 2.28. The second-order valence-corrected chi connectivity index (χ2v) is 6.65. The van der Waals surface area contributed by atoms with Crippen molar-refractivity contribution >= 4 is 5.91 Å². The average molecular weight is 254 g/mol. The number of piperidine rings is 1. The lowest BCUT2D eigenvalue weighted by atomic mass is 9.91. The first kappa shape index (κ1) is 15.5. The van der Waals surface area contributed by atoms with E-state index in [9.17, 15) is 4.79 Å². The van der Waals surface area contributed by atoms with Gasteiger partial charge in [0.2, 0.25) is 5.91 Å². The van der Waals surface area contributed by atoms with E-state index in [4.69, 9.17) is 0 Å². The first-order valence-electron chi connectivity index (χ1n) is 7.38. The fourth-order valence-electron chi connectivity index (χ4n) is 2.87. The van der Waals surface area contributed by atoms with Crippen molar-refractivity contribution in [2.75, 3.05) is 32.7 Å². The lowest BCUT2D eigenvalue weighted by molar-refractivity contribution is -0.137. The predicted octanol–water partition coefficient (Wildman–Crippen LogP) is 2.61. The molecule has 1 aliphatic rings. The van der Waals surface area contributed by atoms with Gasteiger partial charge in [-0.05, 0) is 38.6 Å². The van der Waals surface area contributed by atoms with E-state index < -0.39 is 0 Å². The molecule has 0 saturated carbocycles. The third-order valence-corrected chi connectivity index (χ3v) is 3.63. The van der Waals surface area contributed by atoms with Crippen molar-refractivity contribution in [3.05, 3.63) is 0 Å². The molecule has 106 valence electrons. The van der Waals surface area contributed by atoms with Gasteiger partial charge in [0, 0.05) is 26.2 Å². The van der Waals surface area contributed by atoms with Gasteiger partial charge < -0.3 is 9.80 Å². The molecular formula is C15H30N2O.